The van der Waals surface area contributed by atoms with Crippen molar-refractivity contribution in [2.24, 2.45) is 0 Å². The Morgan fingerprint density at radius 2 is 2.07 bits per heavy atom. The molecule has 1 aromatic rings. The van der Waals surface area contributed by atoms with Crippen LogP contribution in [0.3, 0.4) is 0 Å². The third kappa shape index (κ3) is 3.29. The normalized spacial score (nSPS) is 10.5. The summed E-state index contributed by atoms with van der Waals surface area (Å²) in [6, 6.07) is 6.66. The molecule has 2 heteroatoms. The van der Waals surface area contributed by atoms with Crippen LogP contribution in [0.1, 0.15) is 30.0 Å². The lowest BCUT2D eigenvalue weighted by Gasteiger charge is -2.08. The van der Waals surface area contributed by atoms with E-state index in [1.807, 2.05) is 0 Å². The van der Waals surface area contributed by atoms with Gasteiger partial charge in [-0.3, -0.25) is 0 Å². The maximum atomic E-state index is 5.93. The lowest BCUT2D eigenvalue weighted by Crippen LogP contribution is -1.94. The van der Waals surface area contributed by atoms with Gasteiger partial charge in [0.05, 0.1) is 0 Å². The Bertz CT molecular complexity index is 284. The smallest absolute Gasteiger partial charge is 0.0476 e. The van der Waals surface area contributed by atoms with E-state index in [1.165, 1.54) is 23.1 Å². The van der Waals surface area contributed by atoms with E-state index in [0.717, 1.165) is 18.2 Å². The van der Waals surface area contributed by atoms with Crippen molar-refractivity contribution in [3.05, 3.63) is 34.9 Å². The number of benzene rings is 1. The van der Waals surface area contributed by atoms with E-state index in [9.17, 15) is 0 Å². The van der Waals surface area contributed by atoms with E-state index in [4.69, 9.17) is 11.6 Å². The van der Waals surface area contributed by atoms with Crippen LogP contribution in [0.15, 0.2) is 18.2 Å². The Hall–Kier alpha value is -0.0100. The molecular weight excluding hydrogens is 259 g/mol. The maximum absolute atomic E-state index is 5.93. The minimum atomic E-state index is 0.630. The van der Waals surface area contributed by atoms with Gasteiger partial charge in [0.15, 0.2) is 0 Å². The highest BCUT2D eigenvalue weighted by atomic mass is 79.9. The predicted octanol–water partition coefficient (Wildman–Crippen LogP) is 4.32. The molecule has 0 saturated carbocycles. The molecule has 0 aliphatic carbocycles. The van der Waals surface area contributed by atoms with E-state index in [-0.39, 0.29) is 0 Å². The molecule has 0 radical (unpaired) electrons. The Kier molecular flexibility index (Phi) is 5.57. The van der Waals surface area contributed by atoms with Crippen LogP contribution in [0.25, 0.3) is 0 Å². The Balaban J connectivity index is 2.82. The van der Waals surface area contributed by atoms with Gasteiger partial charge in [-0.1, -0.05) is 41.1 Å². The van der Waals surface area contributed by atoms with Gasteiger partial charge in [-0.2, -0.15) is 0 Å². The van der Waals surface area contributed by atoms with Crippen LogP contribution in [-0.2, 0) is 18.7 Å². The molecule has 0 aromatic heterocycles. The molecule has 0 heterocycles. The van der Waals surface area contributed by atoms with Crippen molar-refractivity contribution in [3.63, 3.8) is 0 Å². The number of aryl methyl sites for hydroxylation is 2. The lowest BCUT2D eigenvalue weighted by molar-refractivity contribution is 0.923. The van der Waals surface area contributed by atoms with Crippen LogP contribution in [0, 0.1) is 0 Å². The monoisotopic (exact) mass is 274 g/mol. The molecule has 0 nitrogen and oxygen atoms in total. The first-order valence-electron chi connectivity index (χ1n) is 5.04. The van der Waals surface area contributed by atoms with E-state index in [1.54, 1.807) is 0 Å². The van der Waals surface area contributed by atoms with E-state index < -0.39 is 0 Å². The molecule has 14 heavy (non-hydrogen) atoms. The summed E-state index contributed by atoms with van der Waals surface area (Å²) in [4.78, 5) is 0. The Morgan fingerprint density at radius 1 is 1.29 bits per heavy atom. The topological polar surface area (TPSA) is 0 Å². The van der Waals surface area contributed by atoms with Gasteiger partial charge >= 0.3 is 0 Å². The second-order valence-electron chi connectivity index (χ2n) is 3.38. The zero-order valence-corrected chi connectivity index (χ0v) is 10.9. The quantitative estimate of drug-likeness (QED) is 0.702. The van der Waals surface area contributed by atoms with Crippen molar-refractivity contribution >= 4 is 27.5 Å². The third-order valence-corrected chi connectivity index (χ3v) is 3.25. The number of rotatable bonds is 5. The zero-order valence-electron chi connectivity index (χ0n) is 8.52. The number of hydrogen-bond acceptors (Lipinski definition) is 0. The van der Waals surface area contributed by atoms with Crippen LogP contribution in [0.2, 0.25) is 0 Å². The van der Waals surface area contributed by atoms with Crippen LogP contribution in [0.5, 0.6) is 0 Å². The fourth-order valence-electron chi connectivity index (χ4n) is 1.52. The SMILES string of the molecule is CCc1ccc(CCCBr)c(CCl)c1. The summed E-state index contributed by atoms with van der Waals surface area (Å²) < 4.78 is 0. The molecule has 0 aliphatic heterocycles. The van der Waals surface area contributed by atoms with Crippen molar-refractivity contribution in [3.8, 4) is 0 Å². The van der Waals surface area contributed by atoms with Gasteiger partial charge in [-0.05, 0) is 36.0 Å². The summed E-state index contributed by atoms with van der Waals surface area (Å²) in [6.07, 6.45) is 3.38. The van der Waals surface area contributed by atoms with E-state index in [2.05, 4.69) is 41.1 Å². The fourth-order valence-corrected chi connectivity index (χ4v) is 2.05. The molecule has 0 amide bonds. The molecule has 0 atom stereocenters. The third-order valence-electron chi connectivity index (χ3n) is 2.40. The van der Waals surface area contributed by atoms with Crippen molar-refractivity contribution in [2.45, 2.75) is 32.1 Å². The number of hydrogen-bond donors (Lipinski definition) is 0. The Morgan fingerprint density at radius 3 is 2.64 bits per heavy atom. The Labute approximate surface area is 99.8 Å². The van der Waals surface area contributed by atoms with Gasteiger partial charge in [0.2, 0.25) is 0 Å². The number of halogens is 2. The molecule has 0 fully saturated rings. The van der Waals surface area contributed by atoms with Gasteiger partial charge in [-0.25, -0.2) is 0 Å². The summed E-state index contributed by atoms with van der Waals surface area (Å²) >= 11 is 9.38. The van der Waals surface area contributed by atoms with Crippen molar-refractivity contribution < 1.29 is 0 Å². The highest BCUT2D eigenvalue weighted by molar-refractivity contribution is 9.09. The first-order chi connectivity index (χ1) is 6.81. The standard InChI is InChI=1S/C12H16BrCl/c1-2-10-5-6-11(4-3-7-13)12(8-10)9-14/h5-6,8H,2-4,7,9H2,1H3. The average molecular weight is 276 g/mol. The molecule has 1 rings (SSSR count). The second-order valence-corrected chi connectivity index (χ2v) is 4.44. The summed E-state index contributed by atoms with van der Waals surface area (Å²) in [5.74, 6) is 0.630. The van der Waals surface area contributed by atoms with Crippen LogP contribution in [0.4, 0.5) is 0 Å². The first-order valence-corrected chi connectivity index (χ1v) is 6.70. The molecule has 78 valence electrons. The molecular formula is C12H16BrCl. The fraction of sp³-hybridized carbons (Fsp3) is 0.500. The largest absolute Gasteiger partial charge is 0.122 e. The molecule has 0 aliphatic rings. The van der Waals surface area contributed by atoms with Gasteiger partial charge in [0.25, 0.3) is 0 Å². The van der Waals surface area contributed by atoms with Crippen molar-refractivity contribution in [1.29, 1.82) is 0 Å². The molecule has 0 unspecified atom stereocenters. The van der Waals surface area contributed by atoms with Crippen LogP contribution < -0.4 is 0 Å². The minimum absolute atomic E-state index is 0.630. The average Bonchev–Trinajstić information content (AvgIpc) is 2.26. The molecule has 0 N–H and O–H groups in total. The molecule has 0 spiro atoms. The summed E-state index contributed by atoms with van der Waals surface area (Å²) in [5.41, 5.74) is 4.08. The van der Waals surface area contributed by atoms with Crippen LogP contribution in [-0.4, -0.2) is 5.33 Å². The predicted molar refractivity (Wildman–Crippen MR) is 67.5 cm³/mol. The molecule has 1 aromatic carbocycles. The summed E-state index contributed by atoms with van der Waals surface area (Å²) in [6.45, 7) is 2.17. The molecule has 0 saturated heterocycles. The highest BCUT2D eigenvalue weighted by Crippen LogP contribution is 2.17. The van der Waals surface area contributed by atoms with E-state index in [0.29, 0.717) is 5.88 Å². The minimum Gasteiger partial charge on any atom is -0.122 e. The second kappa shape index (κ2) is 6.47. The van der Waals surface area contributed by atoms with Gasteiger partial charge in [-0.15, -0.1) is 11.6 Å². The van der Waals surface area contributed by atoms with Gasteiger partial charge in [0.1, 0.15) is 0 Å². The van der Waals surface area contributed by atoms with Crippen LogP contribution >= 0.6 is 27.5 Å². The summed E-state index contributed by atoms with van der Waals surface area (Å²) in [7, 11) is 0. The van der Waals surface area contributed by atoms with Crippen molar-refractivity contribution in [2.75, 3.05) is 5.33 Å². The van der Waals surface area contributed by atoms with Gasteiger partial charge < -0.3 is 0 Å². The first kappa shape index (κ1) is 12.1. The maximum Gasteiger partial charge on any atom is 0.0476 e. The van der Waals surface area contributed by atoms with Crippen molar-refractivity contribution in [1.82, 2.24) is 0 Å². The number of alkyl halides is 2. The lowest BCUT2D eigenvalue weighted by atomic mass is 10.0. The van der Waals surface area contributed by atoms with Gasteiger partial charge in [0, 0.05) is 11.2 Å². The zero-order chi connectivity index (χ0) is 10.4. The molecule has 0 bridgehead atoms. The summed E-state index contributed by atoms with van der Waals surface area (Å²) in [5, 5.41) is 1.06. The van der Waals surface area contributed by atoms with E-state index >= 15 is 0 Å². The highest BCUT2D eigenvalue weighted by Gasteiger charge is 2.02.